The van der Waals surface area contributed by atoms with E-state index < -0.39 is 8.32 Å². The summed E-state index contributed by atoms with van der Waals surface area (Å²) in [6, 6.07) is 0. The van der Waals surface area contributed by atoms with Crippen molar-refractivity contribution in [1.29, 1.82) is 0 Å². The van der Waals surface area contributed by atoms with E-state index in [-0.39, 0.29) is 0 Å². The summed E-state index contributed by atoms with van der Waals surface area (Å²) in [5.41, 5.74) is 1.99. The molecule has 0 amide bonds. The van der Waals surface area contributed by atoms with Crippen molar-refractivity contribution in [2.75, 3.05) is 13.2 Å². The molecule has 1 N–H and O–H groups in total. The summed E-state index contributed by atoms with van der Waals surface area (Å²) in [6.07, 6.45) is 4.30. The molecule has 0 aromatic rings. The van der Waals surface area contributed by atoms with E-state index in [1.54, 1.807) is 0 Å². The molecule has 0 saturated carbocycles. The largest absolute Gasteiger partial charge is 0.416 e. The Morgan fingerprint density at radius 3 is 1.53 bits per heavy atom. The fourth-order valence-electron chi connectivity index (χ4n) is 3.37. The van der Waals surface area contributed by atoms with Gasteiger partial charge in [-0.15, -0.1) is 0 Å². The molecule has 0 unspecified atom stereocenters. The van der Waals surface area contributed by atoms with E-state index in [0.717, 1.165) is 32.3 Å². The van der Waals surface area contributed by atoms with Gasteiger partial charge in [0.15, 0.2) is 8.32 Å². The van der Waals surface area contributed by atoms with Crippen LogP contribution in [0.2, 0.25) is 16.6 Å². The van der Waals surface area contributed by atoms with Gasteiger partial charge in [0.1, 0.15) is 0 Å². The second-order valence-electron chi connectivity index (χ2n) is 6.41. The fourth-order valence-corrected chi connectivity index (χ4v) is 8.87. The van der Waals surface area contributed by atoms with Gasteiger partial charge in [0.05, 0.1) is 6.61 Å². The lowest BCUT2D eigenvalue weighted by Gasteiger charge is -2.42. The quantitative estimate of drug-likeness (QED) is 0.245. The van der Waals surface area contributed by atoms with Gasteiger partial charge in [0.2, 0.25) is 0 Å². The second kappa shape index (κ2) is 9.92. The summed E-state index contributed by atoms with van der Waals surface area (Å²) in [5.74, 6) is 0. The van der Waals surface area contributed by atoms with Crippen LogP contribution in [0.15, 0.2) is 0 Å². The number of unbranched alkanes of at least 4 members (excludes halogenated alkanes) is 3. The highest BCUT2D eigenvalue weighted by atomic mass is 28.4. The highest BCUT2D eigenvalue weighted by Crippen LogP contribution is 2.42. The van der Waals surface area contributed by atoms with Gasteiger partial charge in [0.25, 0.3) is 0 Å². The van der Waals surface area contributed by atoms with Crippen LogP contribution in [0.25, 0.3) is 0 Å². The molecule has 0 aromatic carbocycles. The van der Waals surface area contributed by atoms with E-state index in [1.165, 1.54) is 0 Å². The van der Waals surface area contributed by atoms with E-state index in [2.05, 4.69) is 46.4 Å². The van der Waals surface area contributed by atoms with Crippen LogP contribution >= 0.6 is 0 Å². The van der Waals surface area contributed by atoms with Crippen LogP contribution in [0.1, 0.15) is 67.2 Å². The molecule has 0 aliphatic rings. The first-order valence-corrected chi connectivity index (χ1v) is 9.93. The van der Waals surface area contributed by atoms with Gasteiger partial charge in [-0.2, -0.15) is 0 Å². The van der Waals surface area contributed by atoms with Crippen LogP contribution in [-0.2, 0) is 9.31 Å². The molecule has 0 radical (unpaired) electrons. The third-order valence-electron chi connectivity index (χ3n) is 4.19. The van der Waals surface area contributed by atoms with Gasteiger partial charge in [0, 0.05) is 6.61 Å². The predicted octanol–water partition coefficient (Wildman–Crippen LogP) is 5.23. The molecule has 116 valence electrons. The van der Waals surface area contributed by atoms with Crippen molar-refractivity contribution in [3.8, 4) is 0 Å². The van der Waals surface area contributed by atoms with Crippen molar-refractivity contribution in [3.63, 3.8) is 0 Å². The van der Waals surface area contributed by atoms with Crippen LogP contribution in [0, 0.1) is 0 Å². The van der Waals surface area contributed by atoms with Crippen LogP contribution in [-0.4, -0.2) is 26.8 Å². The number of hydrogen-bond donors (Lipinski definition) is 1. The van der Waals surface area contributed by atoms with Gasteiger partial charge in [-0.25, -0.2) is 4.89 Å². The van der Waals surface area contributed by atoms with E-state index in [1.807, 2.05) is 0 Å². The fraction of sp³-hybridized carbons (Fsp3) is 1.00. The van der Waals surface area contributed by atoms with Gasteiger partial charge in [-0.1, -0.05) is 54.4 Å². The van der Waals surface area contributed by atoms with Gasteiger partial charge in [-0.05, 0) is 29.5 Å². The molecule has 0 aromatic heterocycles. The maximum absolute atomic E-state index is 8.24. The summed E-state index contributed by atoms with van der Waals surface area (Å²) in [4.78, 5) is 4.07. The minimum Gasteiger partial charge on any atom is -0.416 e. The first-order chi connectivity index (χ1) is 8.89. The van der Waals surface area contributed by atoms with Crippen molar-refractivity contribution in [2.24, 2.45) is 0 Å². The standard InChI is InChI=1S/C15H34O3Si/c1-13(2)19(14(3)4,15(5)6)18-12-10-8-7-9-11-17-16/h13-16H,7-12H2,1-6H3. The van der Waals surface area contributed by atoms with Crippen molar-refractivity contribution in [1.82, 2.24) is 0 Å². The molecular weight excluding hydrogens is 256 g/mol. The highest BCUT2D eigenvalue weighted by molar-refractivity contribution is 6.77. The molecule has 19 heavy (non-hydrogen) atoms. The molecular formula is C15H34O3Si. The smallest absolute Gasteiger partial charge is 0.200 e. The van der Waals surface area contributed by atoms with E-state index in [0.29, 0.717) is 23.2 Å². The molecule has 3 nitrogen and oxygen atoms in total. The van der Waals surface area contributed by atoms with E-state index >= 15 is 0 Å². The predicted molar refractivity (Wildman–Crippen MR) is 84.0 cm³/mol. The molecule has 0 atom stereocenters. The maximum atomic E-state index is 8.24. The zero-order chi connectivity index (χ0) is 14.9. The Morgan fingerprint density at radius 1 is 0.737 bits per heavy atom. The normalized spacial score (nSPS) is 12.9. The summed E-state index contributed by atoms with van der Waals surface area (Å²) in [7, 11) is -1.67. The van der Waals surface area contributed by atoms with Crippen LogP contribution < -0.4 is 0 Å². The average Bonchev–Trinajstić information content (AvgIpc) is 2.31. The Bertz CT molecular complexity index is 196. The van der Waals surface area contributed by atoms with Crippen LogP contribution in [0.3, 0.4) is 0 Å². The molecule has 0 heterocycles. The molecule has 0 aliphatic carbocycles. The van der Waals surface area contributed by atoms with Crippen molar-refractivity contribution < 1.29 is 14.6 Å². The average molecular weight is 291 g/mol. The Hall–Kier alpha value is 0.0969. The summed E-state index contributed by atoms with van der Waals surface area (Å²) >= 11 is 0. The van der Waals surface area contributed by atoms with E-state index in [4.69, 9.17) is 9.68 Å². The minimum absolute atomic E-state index is 0.448. The summed E-state index contributed by atoms with van der Waals surface area (Å²) < 4.78 is 6.48. The van der Waals surface area contributed by atoms with Crippen molar-refractivity contribution >= 4 is 8.32 Å². The molecule has 0 bridgehead atoms. The van der Waals surface area contributed by atoms with Gasteiger partial charge >= 0.3 is 0 Å². The topological polar surface area (TPSA) is 38.7 Å². The van der Waals surface area contributed by atoms with E-state index in [9.17, 15) is 0 Å². The molecule has 0 aliphatic heterocycles. The lowest BCUT2D eigenvalue weighted by Crippen LogP contribution is -2.47. The molecule has 0 rings (SSSR count). The number of hydrogen-bond acceptors (Lipinski definition) is 3. The first-order valence-electron chi connectivity index (χ1n) is 7.79. The minimum atomic E-state index is -1.67. The van der Waals surface area contributed by atoms with Gasteiger partial charge in [-0.3, -0.25) is 5.26 Å². The third kappa shape index (κ3) is 5.94. The zero-order valence-corrected chi connectivity index (χ0v) is 14.7. The van der Waals surface area contributed by atoms with Crippen molar-refractivity contribution in [3.05, 3.63) is 0 Å². The Kier molecular flexibility index (Phi) is 9.97. The number of rotatable bonds is 11. The molecule has 0 saturated heterocycles. The van der Waals surface area contributed by atoms with Gasteiger partial charge < -0.3 is 4.43 Å². The van der Waals surface area contributed by atoms with Crippen LogP contribution in [0.4, 0.5) is 0 Å². The monoisotopic (exact) mass is 290 g/mol. The first kappa shape index (κ1) is 19.1. The zero-order valence-electron chi connectivity index (χ0n) is 13.7. The second-order valence-corrected chi connectivity index (χ2v) is 11.9. The molecule has 0 spiro atoms. The molecule has 4 heteroatoms. The maximum Gasteiger partial charge on any atom is 0.200 e. The molecule has 0 fully saturated rings. The van der Waals surface area contributed by atoms with Crippen LogP contribution in [0.5, 0.6) is 0 Å². The Balaban J connectivity index is 4.14. The third-order valence-corrected chi connectivity index (χ3v) is 10.3. The Morgan fingerprint density at radius 2 is 1.16 bits per heavy atom. The Labute approximate surface area is 120 Å². The summed E-state index contributed by atoms with van der Waals surface area (Å²) in [5, 5.41) is 8.24. The van der Waals surface area contributed by atoms with Crippen molar-refractivity contribution in [2.45, 2.75) is 83.8 Å². The highest BCUT2D eigenvalue weighted by Gasteiger charge is 2.44. The summed E-state index contributed by atoms with van der Waals surface area (Å²) in [6.45, 7) is 15.3. The lowest BCUT2D eigenvalue weighted by molar-refractivity contribution is -0.242. The SMILES string of the molecule is CC(C)[Si](OCCCCCCOO)(C(C)C)C(C)C. The lowest BCUT2D eigenvalue weighted by atomic mass is 10.2.